The molecule has 9 nitrogen and oxygen atoms in total. The van der Waals surface area contributed by atoms with Gasteiger partial charge in [0.25, 0.3) is 11.8 Å². The first-order valence-corrected chi connectivity index (χ1v) is 10.8. The molecule has 1 aliphatic carbocycles. The topological polar surface area (TPSA) is 113 Å². The molecule has 0 aromatic heterocycles. The van der Waals surface area contributed by atoms with Crippen molar-refractivity contribution >= 4 is 29.7 Å². The van der Waals surface area contributed by atoms with Crippen molar-refractivity contribution in [2.24, 2.45) is 5.41 Å². The van der Waals surface area contributed by atoms with Crippen LogP contribution in [0.25, 0.3) is 0 Å². The number of piperidine rings is 1. The van der Waals surface area contributed by atoms with E-state index in [1.807, 2.05) is 20.8 Å². The van der Waals surface area contributed by atoms with Gasteiger partial charge in [0.1, 0.15) is 11.6 Å². The Balaban J connectivity index is 1.32. The molecule has 1 N–H and O–H groups in total. The van der Waals surface area contributed by atoms with Gasteiger partial charge in [0.15, 0.2) is 0 Å². The van der Waals surface area contributed by atoms with Crippen LogP contribution in [-0.4, -0.2) is 64.3 Å². The van der Waals surface area contributed by atoms with Gasteiger partial charge in [0.2, 0.25) is 11.8 Å². The van der Waals surface area contributed by atoms with Crippen molar-refractivity contribution in [3.05, 3.63) is 34.4 Å². The monoisotopic (exact) mass is 439 g/mol. The van der Waals surface area contributed by atoms with Gasteiger partial charge >= 0.3 is 6.09 Å². The number of ether oxygens (including phenoxy) is 1. The number of nitrogens with one attached hydrogen (secondary N) is 1. The number of amides is 5. The van der Waals surface area contributed by atoms with Crippen molar-refractivity contribution in [1.82, 2.24) is 15.1 Å². The zero-order valence-corrected chi connectivity index (χ0v) is 18.3. The number of carbonyl (C=O) groups is 5. The lowest BCUT2D eigenvalue weighted by Crippen LogP contribution is -2.59. The normalized spacial score (nSPS) is 23.8. The fourth-order valence-corrected chi connectivity index (χ4v) is 5.25. The van der Waals surface area contributed by atoms with E-state index in [2.05, 4.69) is 5.32 Å². The molecule has 32 heavy (non-hydrogen) atoms. The molecule has 1 aromatic rings. The molecule has 3 heterocycles. The van der Waals surface area contributed by atoms with Gasteiger partial charge in [-0.05, 0) is 63.3 Å². The molecule has 3 aliphatic heterocycles. The summed E-state index contributed by atoms with van der Waals surface area (Å²) in [6.07, 6.45) is 1.34. The van der Waals surface area contributed by atoms with Crippen LogP contribution >= 0.6 is 0 Å². The second-order valence-corrected chi connectivity index (χ2v) is 10.3. The van der Waals surface area contributed by atoms with Gasteiger partial charge in [-0.1, -0.05) is 0 Å². The predicted molar refractivity (Wildman–Crippen MR) is 111 cm³/mol. The lowest BCUT2D eigenvalue weighted by atomic mass is 9.77. The Morgan fingerprint density at radius 3 is 2.09 bits per heavy atom. The Morgan fingerprint density at radius 2 is 1.59 bits per heavy atom. The minimum absolute atomic E-state index is 0.0935. The average Bonchev–Trinajstić information content (AvgIpc) is 3.14. The molecule has 0 radical (unpaired) electrons. The summed E-state index contributed by atoms with van der Waals surface area (Å²) in [5, 5.41) is 2.21. The van der Waals surface area contributed by atoms with Gasteiger partial charge in [-0.15, -0.1) is 0 Å². The van der Waals surface area contributed by atoms with Gasteiger partial charge in [0, 0.05) is 24.9 Å². The van der Waals surface area contributed by atoms with Crippen LogP contribution in [0.3, 0.4) is 0 Å². The lowest BCUT2D eigenvalue weighted by Gasteiger charge is -2.48. The molecule has 9 heteroatoms. The van der Waals surface area contributed by atoms with Crippen molar-refractivity contribution in [1.29, 1.82) is 0 Å². The second-order valence-electron chi connectivity index (χ2n) is 10.3. The Kier molecular flexibility index (Phi) is 4.28. The third-order valence-electron chi connectivity index (χ3n) is 6.60. The Hall–Kier alpha value is -3.23. The molecular weight excluding hydrogens is 414 g/mol. The molecule has 1 unspecified atom stereocenters. The van der Waals surface area contributed by atoms with Crippen LogP contribution in [0.15, 0.2) is 12.1 Å². The molecule has 5 rings (SSSR count). The average molecular weight is 439 g/mol. The lowest BCUT2D eigenvalue weighted by molar-refractivity contribution is -0.136. The van der Waals surface area contributed by atoms with E-state index >= 15 is 0 Å². The van der Waals surface area contributed by atoms with E-state index in [-0.39, 0.29) is 24.3 Å². The molecule has 1 spiro atoms. The van der Waals surface area contributed by atoms with Crippen LogP contribution in [0.2, 0.25) is 0 Å². The quantitative estimate of drug-likeness (QED) is 0.663. The summed E-state index contributed by atoms with van der Waals surface area (Å²) >= 11 is 0. The zero-order valence-electron chi connectivity index (χ0n) is 18.3. The van der Waals surface area contributed by atoms with Crippen molar-refractivity contribution in [2.75, 3.05) is 13.1 Å². The molecule has 5 amide bonds. The van der Waals surface area contributed by atoms with E-state index in [1.54, 1.807) is 17.0 Å². The van der Waals surface area contributed by atoms with Gasteiger partial charge in [-0.3, -0.25) is 29.4 Å². The molecule has 0 bridgehead atoms. The highest BCUT2D eigenvalue weighted by molar-refractivity contribution is 6.23. The summed E-state index contributed by atoms with van der Waals surface area (Å²) < 4.78 is 5.44. The summed E-state index contributed by atoms with van der Waals surface area (Å²) in [7, 11) is 0. The third kappa shape index (κ3) is 3.18. The first kappa shape index (κ1) is 20.7. The van der Waals surface area contributed by atoms with E-state index in [9.17, 15) is 24.0 Å². The fourth-order valence-electron chi connectivity index (χ4n) is 5.25. The number of hydrogen-bond donors (Lipinski definition) is 1. The second kappa shape index (κ2) is 6.63. The van der Waals surface area contributed by atoms with Crippen LogP contribution in [-0.2, 0) is 27.2 Å². The van der Waals surface area contributed by atoms with E-state index in [4.69, 9.17) is 4.74 Å². The SMILES string of the molecule is CC(C)(C)OC(=O)N1CC2(Cc3cc4c(cc3C2)C(=O)N(C2CCC(=O)NC2=O)C4=O)C1. The summed E-state index contributed by atoms with van der Waals surface area (Å²) in [4.78, 5) is 64.7. The number of rotatable bonds is 1. The van der Waals surface area contributed by atoms with Gasteiger partial charge in [-0.25, -0.2) is 4.79 Å². The maximum Gasteiger partial charge on any atom is 0.410 e. The number of likely N-dealkylation sites (tertiary alicyclic amines) is 1. The zero-order chi connectivity index (χ0) is 23.0. The largest absolute Gasteiger partial charge is 0.444 e. The summed E-state index contributed by atoms with van der Waals surface area (Å²) in [6.45, 7) is 6.65. The van der Waals surface area contributed by atoms with Crippen LogP contribution in [0.5, 0.6) is 0 Å². The standard InChI is InChI=1S/C23H25N3O6/c1-22(2,3)32-21(31)25-10-23(11-25)8-12-6-14-15(7-13(12)9-23)20(30)26(19(14)29)16-4-5-17(27)24-18(16)28/h6-7,16H,4-5,8-11H2,1-3H3,(H,24,27,28). The minimum atomic E-state index is -0.963. The minimum Gasteiger partial charge on any atom is -0.444 e. The van der Waals surface area contributed by atoms with Crippen molar-refractivity contribution in [2.45, 2.75) is 58.1 Å². The number of carbonyl (C=O) groups excluding carboxylic acids is 5. The van der Waals surface area contributed by atoms with Crippen LogP contribution in [0, 0.1) is 5.41 Å². The predicted octanol–water partition coefficient (Wildman–Crippen LogP) is 1.42. The first-order valence-electron chi connectivity index (χ1n) is 10.8. The highest BCUT2D eigenvalue weighted by Crippen LogP contribution is 2.46. The Labute approximate surface area is 185 Å². The maximum absolute atomic E-state index is 13.0. The summed E-state index contributed by atoms with van der Waals surface area (Å²) in [5.41, 5.74) is 1.97. The van der Waals surface area contributed by atoms with Crippen LogP contribution in [0.1, 0.15) is 65.5 Å². The van der Waals surface area contributed by atoms with E-state index in [0.717, 1.165) is 28.9 Å². The molecular formula is C23H25N3O6. The highest BCUT2D eigenvalue weighted by atomic mass is 16.6. The van der Waals surface area contributed by atoms with Gasteiger partial charge in [0.05, 0.1) is 11.1 Å². The van der Waals surface area contributed by atoms with Crippen molar-refractivity contribution < 1.29 is 28.7 Å². The molecule has 1 atom stereocenters. The molecule has 168 valence electrons. The van der Waals surface area contributed by atoms with Crippen molar-refractivity contribution in [3.63, 3.8) is 0 Å². The van der Waals surface area contributed by atoms with Crippen molar-refractivity contribution in [3.8, 4) is 0 Å². The molecule has 2 fully saturated rings. The molecule has 1 aromatic carbocycles. The van der Waals surface area contributed by atoms with Gasteiger partial charge in [-0.2, -0.15) is 0 Å². The third-order valence-corrected chi connectivity index (χ3v) is 6.60. The smallest absolute Gasteiger partial charge is 0.410 e. The molecule has 2 saturated heterocycles. The molecule has 4 aliphatic rings. The number of benzene rings is 1. The Morgan fingerprint density at radius 1 is 1.03 bits per heavy atom. The summed E-state index contributed by atoms with van der Waals surface area (Å²) in [5.74, 6) is -1.99. The molecule has 0 saturated carbocycles. The van der Waals surface area contributed by atoms with E-state index in [1.165, 1.54) is 0 Å². The van der Waals surface area contributed by atoms with E-state index in [0.29, 0.717) is 24.2 Å². The summed E-state index contributed by atoms with van der Waals surface area (Å²) in [6, 6.07) is 2.57. The maximum atomic E-state index is 13.0. The number of nitrogens with zero attached hydrogens (tertiary/aromatic N) is 2. The van der Waals surface area contributed by atoms with Gasteiger partial charge < -0.3 is 9.64 Å². The highest BCUT2D eigenvalue weighted by Gasteiger charge is 2.51. The number of hydrogen-bond acceptors (Lipinski definition) is 6. The first-order chi connectivity index (χ1) is 15.0. The Bertz CT molecular complexity index is 1050. The number of imide groups is 2. The fraction of sp³-hybridized carbons (Fsp3) is 0.522. The number of fused-ring (bicyclic) bond motifs is 2. The van der Waals surface area contributed by atoms with E-state index < -0.39 is 35.3 Å². The van der Waals surface area contributed by atoms with Crippen LogP contribution < -0.4 is 5.32 Å². The van der Waals surface area contributed by atoms with Crippen LogP contribution in [0.4, 0.5) is 4.79 Å².